The van der Waals surface area contributed by atoms with E-state index in [1.54, 1.807) is 34.2 Å². The maximum Gasteiger partial charge on any atom is 0.239 e. The van der Waals surface area contributed by atoms with Crippen molar-refractivity contribution in [1.29, 1.82) is 0 Å². The number of rotatable bonds is 7. The molecule has 3 rings (SSSR count). The van der Waals surface area contributed by atoms with Gasteiger partial charge in [0.05, 0.1) is 17.9 Å². The second-order valence-corrected chi connectivity index (χ2v) is 7.02. The molecule has 7 heteroatoms. The van der Waals surface area contributed by atoms with Crippen LogP contribution in [-0.2, 0) is 11.3 Å². The Balaban J connectivity index is 1.70. The number of benzene rings is 1. The molecule has 0 aliphatic rings. The van der Waals surface area contributed by atoms with E-state index in [9.17, 15) is 9.18 Å². The number of carbonyl (C=O) groups is 1. The smallest absolute Gasteiger partial charge is 0.239 e. The van der Waals surface area contributed by atoms with Crippen LogP contribution in [0.25, 0.3) is 5.69 Å². The third kappa shape index (κ3) is 4.56. The summed E-state index contributed by atoms with van der Waals surface area (Å²) in [4.78, 5) is 15.8. The van der Waals surface area contributed by atoms with Crippen LogP contribution in [0.2, 0.25) is 0 Å². The molecule has 5 nitrogen and oxygen atoms in total. The highest BCUT2D eigenvalue weighted by molar-refractivity contribution is 7.09. The van der Waals surface area contributed by atoms with Gasteiger partial charge in [-0.05, 0) is 49.2 Å². The molecular formula is C19H21FN4OS. The summed E-state index contributed by atoms with van der Waals surface area (Å²) in [5.74, 6) is 0.160. The van der Waals surface area contributed by atoms with Gasteiger partial charge in [-0.15, -0.1) is 11.3 Å². The van der Waals surface area contributed by atoms with E-state index in [2.05, 4.69) is 21.4 Å². The molecule has 3 aromatic rings. The summed E-state index contributed by atoms with van der Waals surface area (Å²) in [6.45, 7) is 5.71. The van der Waals surface area contributed by atoms with Gasteiger partial charge in [-0.1, -0.05) is 13.0 Å². The van der Waals surface area contributed by atoms with Gasteiger partial charge < -0.3 is 5.32 Å². The Morgan fingerprint density at radius 3 is 2.73 bits per heavy atom. The highest BCUT2D eigenvalue weighted by atomic mass is 32.1. The lowest BCUT2D eigenvalue weighted by atomic mass is 10.3. The van der Waals surface area contributed by atoms with Crippen molar-refractivity contribution in [2.24, 2.45) is 0 Å². The van der Waals surface area contributed by atoms with Crippen molar-refractivity contribution < 1.29 is 9.18 Å². The molecule has 0 unspecified atom stereocenters. The Morgan fingerprint density at radius 2 is 2.08 bits per heavy atom. The quantitative estimate of drug-likeness (QED) is 0.685. The number of nitrogens with one attached hydrogen (secondary N) is 1. The van der Waals surface area contributed by atoms with Crippen molar-refractivity contribution in [2.45, 2.75) is 20.4 Å². The Morgan fingerprint density at radius 1 is 1.31 bits per heavy atom. The van der Waals surface area contributed by atoms with Crippen LogP contribution in [0.3, 0.4) is 0 Å². The van der Waals surface area contributed by atoms with Gasteiger partial charge >= 0.3 is 0 Å². The minimum atomic E-state index is -0.310. The van der Waals surface area contributed by atoms with Crippen LogP contribution in [0.15, 0.2) is 47.8 Å². The first-order chi connectivity index (χ1) is 12.5. The molecule has 1 aromatic carbocycles. The molecule has 0 aliphatic carbocycles. The molecule has 1 amide bonds. The van der Waals surface area contributed by atoms with Crippen LogP contribution in [-0.4, -0.2) is 33.7 Å². The number of carbonyl (C=O) groups excluding carboxylic acids is 1. The number of halogens is 1. The van der Waals surface area contributed by atoms with Crippen molar-refractivity contribution in [1.82, 2.24) is 14.7 Å². The first kappa shape index (κ1) is 18.3. The highest BCUT2D eigenvalue weighted by Crippen LogP contribution is 2.18. The van der Waals surface area contributed by atoms with Crippen molar-refractivity contribution in [3.05, 3.63) is 64.2 Å². The topological polar surface area (TPSA) is 50.2 Å². The third-order valence-corrected chi connectivity index (χ3v) is 4.81. The Bertz CT molecular complexity index is 858. The molecule has 1 N–H and O–H groups in total. The largest absolute Gasteiger partial charge is 0.309 e. The fourth-order valence-electron chi connectivity index (χ4n) is 2.66. The third-order valence-electron chi connectivity index (χ3n) is 3.94. The van der Waals surface area contributed by atoms with Crippen LogP contribution in [0.1, 0.15) is 17.5 Å². The van der Waals surface area contributed by atoms with Gasteiger partial charge in [-0.2, -0.15) is 5.10 Å². The average molecular weight is 372 g/mol. The number of nitrogens with zero attached hydrogens (tertiary/aromatic N) is 3. The molecule has 0 radical (unpaired) electrons. The van der Waals surface area contributed by atoms with E-state index in [0.717, 1.165) is 18.8 Å². The van der Waals surface area contributed by atoms with Gasteiger partial charge in [0.2, 0.25) is 5.91 Å². The molecule has 0 bridgehead atoms. The van der Waals surface area contributed by atoms with Crippen LogP contribution in [0.5, 0.6) is 0 Å². The Hall–Kier alpha value is -2.51. The Kier molecular flexibility index (Phi) is 5.80. The number of likely N-dealkylation sites (N-methyl/N-ethyl adjacent to an activating group) is 1. The van der Waals surface area contributed by atoms with Gasteiger partial charge in [-0.25, -0.2) is 9.07 Å². The van der Waals surface area contributed by atoms with E-state index in [4.69, 9.17) is 0 Å². The average Bonchev–Trinajstić information content (AvgIpc) is 3.24. The monoisotopic (exact) mass is 372 g/mol. The van der Waals surface area contributed by atoms with Crippen LogP contribution in [0.4, 0.5) is 10.2 Å². The van der Waals surface area contributed by atoms with Crippen LogP contribution >= 0.6 is 11.3 Å². The molecule has 26 heavy (non-hydrogen) atoms. The predicted octanol–water partition coefficient (Wildman–Crippen LogP) is 3.84. The maximum absolute atomic E-state index is 13.2. The minimum absolute atomic E-state index is 0.105. The standard InChI is InChI=1S/C19H21FN4OS/c1-3-23(12-17-5-4-10-26-17)13-19(25)21-18-11-14(2)22-24(18)16-8-6-15(20)7-9-16/h4-11H,3,12-13H2,1-2H3,(H,21,25). The number of hydrogen-bond donors (Lipinski definition) is 1. The Labute approximate surface area is 156 Å². The van der Waals surface area contributed by atoms with E-state index in [0.29, 0.717) is 18.1 Å². The number of aryl methyl sites for hydroxylation is 1. The van der Waals surface area contributed by atoms with Gasteiger partial charge in [0.25, 0.3) is 0 Å². The summed E-state index contributed by atoms with van der Waals surface area (Å²) in [5.41, 5.74) is 1.47. The summed E-state index contributed by atoms with van der Waals surface area (Å²) in [7, 11) is 0. The van der Waals surface area contributed by atoms with Crippen molar-refractivity contribution >= 4 is 23.1 Å². The fraction of sp³-hybridized carbons (Fsp3) is 0.263. The van der Waals surface area contributed by atoms with E-state index >= 15 is 0 Å². The molecular weight excluding hydrogens is 351 g/mol. The summed E-state index contributed by atoms with van der Waals surface area (Å²) < 4.78 is 14.8. The van der Waals surface area contributed by atoms with Gasteiger partial charge in [0.1, 0.15) is 11.6 Å². The normalized spacial score (nSPS) is 11.1. The lowest BCUT2D eigenvalue weighted by molar-refractivity contribution is -0.117. The maximum atomic E-state index is 13.2. The van der Waals surface area contributed by atoms with E-state index in [1.807, 2.05) is 25.3 Å². The first-order valence-electron chi connectivity index (χ1n) is 8.42. The first-order valence-corrected chi connectivity index (χ1v) is 9.30. The predicted molar refractivity (Wildman–Crippen MR) is 102 cm³/mol. The molecule has 0 saturated carbocycles. The zero-order valence-corrected chi connectivity index (χ0v) is 15.6. The van der Waals surface area contributed by atoms with Crippen LogP contribution in [0, 0.1) is 12.7 Å². The van der Waals surface area contributed by atoms with E-state index in [-0.39, 0.29) is 11.7 Å². The zero-order chi connectivity index (χ0) is 18.5. The highest BCUT2D eigenvalue weighted by Gasteiger charge is 2.14. The molecule has 0 spiro atoms. The van der Waals surface area contributed by atoms with Gasteiger partial charge in [0, 0.05) is 17.5 Å². The molecule has 2 heterocycles. The van der Waals surface area contributed by atoms with Crippen LogP contribution < -0.4 is 5.32 Å². The second-order valence-electron chi connectivity index (χ2n) is 5.99. The van der Waals surface area contributed by atoms with Crippen molar-refractivity contribution in [3.8, 4) is 5.69 Å². The molecule has 0 saturated heterocycles. The molecule has 136 valence electrons. The molecule has 0 atom stereocenters. The van der Waals surface area contributed by atoms with E-state index < -0.39 is 0 Å². The number of hydrogen-bond acceptors (Lipinski definition) is 4. The number of aromatic nitrogens is 2. The summed E-state index contributed by atoms with van der Waals surface area (Å²) in [6.07, 6.45) is 0. The number of thiophene rings is 1. The summed E-state index contributed by atoms with van der Waals surface area (Å²) >= 11 is 1.68. The molecule has 2 aromatic heterocycles. The summed E-state index contributed by atoms with van der Waals surface area (Å²) in [6, 6.07) is 11.9. The van der Waals surface area contributed by atoms with Gasteiger partial charge in [0.15, 0.2) is 0 Å². The molecule has 0 fully saturated rings. The summed E-state index contributed by atoms with van der Waals surface area (Å²) in [5, 5.41) is 9.34. The lowest BCUT2D eigenvalue weighted by Crippen LogP contribution is -2.33. The fourth-order valence-corrected chi connectivity index (χ4v) is 3.40. The second kappa shape index (κ2) is 8.25. The van der Waals surface area contributed by atoms with E-state index in [1.165, 1.54) is 17.0 Å². The number of anilines is 1. The SMILES string of the molecule is CCN(CC(=O)Nc1cc(C)nn1-c1ccc(F)cc1)Cc1cccs1. The van der Waals surface area contributed by atoms with Crippen molar-refractivity contribution in [2.75, 3.05) is 18.4 Å². The van der Waals surface area contributed by atoms with Gasteiger partial charge in [-0.3, -0.25) is 9.69 Å². The lowest BCUT2D eigenvalue weighted by Gasteiger charge is -2.19. The minimum Gasteiger partial charge on any atom is -0.309 e. The molecule has 0 aliphatic heterocycles. The van der Waals surface area contributed by atoms with Crippen molar-refractivity contribution in [3.63, 3.8) is 0 Å². The number of amides is 1. The zero-order valence-electron chi connectivity index (χ0n) is 14.8.